The standard InChI is InChI=1S/C10H6Cl2N2O/c11-7-5-9(12)14(8(7)6-15)10-3-1-2-4-13-10/h1-6H. The lowest BCUT2D eigenvalue weighted by Crippen LogP contribution is -2.01. The quantitative estimate of drug-likeness (QED) is 0.757. The number of rotatable bonds is 2. The first kappa shape index (κ1) is 10.2. The molecule has 0 saturated heterocycles. The maximum atomic E-state index is 10.8. The number of hydrogen-bond acceptors (Lipinski definition) is 2. The van der Waals surface area contributed by atoms with Crippen LogP contribution in [-0.4, -0.2) is 15.8 Å². The average Bonchev–Trinajstić information content (AvgIpc) is 2.54. The molecule has 0 saturated carbocycles. The van der Waals surface area contributed by atoms with Crippen molar-refractivity contribution in [2.45, 2.75) is 0 Å². The van der Waals surface area contributed by atoms with Crippen LogP contribution < -0.4 is 0 Å². The van der Waals surface area contributed by atoms with E-state index in [0.717, 1.165) is 0 Å². The van der Waals surface area contributed by atoms with Crippen molar-refractivity contribution in [3.05, 3.63) is 46.3 Å². The summed E-state index contributed by atoms with van der Waals surface area (Å²) in [6, 6.07) is 6.85. The van der Waals surface area contributed by atoms with Gasteiger partial charge in [0.25, 0.3) is 0 Å². The van der Waals surface area contributed by atoms with Crippen LogP contribution in [0.25, 0.3) is 5.82 Å². The molecular formula is C10H6Cl2N2O. The number of hydrogen-bond donors (Lipinski definition) is 0. The zero-order valence-corrected chi connectivity index (χ0v) is 9.03. The van der Waals surface area contributed by atoms with E-state index in [9.17, 15) is 4.79 Å². The molecule has 0 spiro atoms. The van der Waals surface area contributed by atoms with Crippen LogP contribution >= 0.6 is 23.2 Å². The zero-order chi connectivity index (χ0) is 10.8. The number of aromatic nitrogens is 2. The zero-order valence-electron chi connectivity index (χ0n) is 7.52. The summed E-state index contributed by atoms with van der Waals surface area (Å²) in [4.78, 5) is 14.9. The topological polar surface area (TPSA) is 34.9 Å². The minimum absolute atomic E-state index is 0.306. The highest BCUT2D eigenvalue weighted by Gasteiger charge is 2.13. The molecule has 0 aliphatic carbocycles. The van der Waals surface area contributed by atoms with E-state index in [4.69, 9.17) is 23.2 Å². The Labute approximate surface area is 96.3 Å². The second-order valence-electron chi connectivity index (χ2n) is 2.84. The summed E-state index contributed by atoms with van der Waals surface area (Å²) in [7, 11) is 0. The lowest BCUT2D eigenvalue weighted by Gasteiger charge is -2.04. The largest absolute Gasteiger partial charge is 0.296 e. The lowest BCUT2D eigenvalue weighted by atomic mass is 10.4. The summed E-state index contributed by atoms with van der Waals surface area (Å²) < 4.78 is 1.50. The third kappa shape index (κ3) is 1.76. The van der Waals surface area contributed by atoms with Gasteiger partial charge in [-0.3, -0.25) is 9.36 Å². The Morgan fingerprint density at radius 2 is 2.13 bits per heavy atom. The highest BCUT2D eigenvalue weighted by atomic mass is 35.5. The molecule has 2 aromatic rings. The maximum absolute atomic E-state index is 10.8. The number of carbonyl (C=O) groups is 1. The molecule has 2 aromatic heterocycles. The smallest absolute Gasteiger partial charge is 0.168 e. The van der Waals surface area contributed by atoms with E-state index in [-0.39, 0.29) is 0 Å². The first-order valence-corrected chi connectivity index (χ1v) is 4.93. The third-order valence-corrected chi connectivity index (χ3v) is 2.52. The lowest BCUT2D eigenvalue weighted by molar-refractivity contribution is 0.111. The highest BCUT2D eigenvalue weighted by molar-refractivity contribution is 6.36. The van der Waals surface area contributed by atoms with Crippen LogP contribution in [0.1, 0.15) is 10.5 Å². The normalized spacial score (nSPS) is 10.3. The average molecular weight is 241 g/mol. The van der Waals surface area contributed by atoms with Crippen molar-refractivity contribution in [1.82, 2.24) is 9.55 Å². The van der Waals surface area contributed by atoms with Gasteiger partial charge in [-0.05, 0) is 18.2 Å². The monoisotopic (exact) mass is 240 g/mol. The molecule has 5 heteroatoms. The maximum Gasteiger partial charge on any atom is 0.168 e. The minimum atomic E-state index is 0.306. The van der Waals surface area contributed by atoms with Crippen molar-refractivity contribution in [3.8, 4) is 5.82 Å². The fourth-order valence-electron chi connectivity index (χ4n) is 1.29. The molecule has 0 aromatic carbocycles. The summed E-state index contributed by atoms with van der Waals surface area (Å²) in [5, 5.41) is 0.682. The number of nitrogens with zero attached hydrogens (tertiary/aromatic N) is 2. The van der Waals surface area contributed by atoms with E-state index >= 15 is 0 Å². The first-order valence-electron chi connectivity index (χ1n) is 4.17. The molecule has 2 rings (SSSR count). The Morgan fingerprint density at radius 1 is 1.33 bits per heavy atom. The SMILES string of the molecule is O=Cc1c(Cl)cc(Cl)n1-c1ccccn1. The van der Waals surface area contributed by atoms with Gasteiger partial charge >= 0.3 is 0 Å². The second-order valence-corrected chi connectivity index (χ2v) is 3.64. The van der Waals surface area contributed by atoms with Gasteiger partial charge in [-0.1, -0.05) is 29.3 Å². The Balaban J connectivity index is 2.67. The van der Waals surface area contributed by atoms with Gasteiger partial charge in [0.15, 0.2) is 6.29 Å². The summed E-state index contributed by atoms with van der Waals surface area (Å²) >= 11 is 11.8. The van der Waals surface area contributed by atoms with Gasteiger partial charge in [-0.25, -0.2) is 4.98 Å². The molecular weight excluding hydrogens is 235 g/mol. The van der Waals surface area contributed by atoms with Crippen molar-refractivity contribution in [2.24, 2.45) is 0 Å². The second kappa shape index (κ2) is 4.04. The first-order chi connectivity index (χ1) is 7.24. The Kier molecular flexibility index (Phi) is 2.75. The van der Waals surface area contributed by atoms with Gasteiger partial charge in [-0.15, -0.1) is 0 Å². The van der Waals surface area contributed by atoms with Gasteiger partial charge in [0.1, 0.15) is 16.7 Å². The molecule has 0 amide bonds. The van der Waals surface area contributed by atoms with Crippen LogP contribution in [0.2, 0.25) is 10.2 Å². The molecule has 3 nitrogen and oxygen atoms in total. The van der Waals surface area contributed by atoms with Gasteiger partial charge in [0, 0.05) is 6.20 Å². The molecule has 0 N–H and O–H groups in total. The number of aldehydes is 1. The van der Waals surface area contributed by atoms with Crippen LogP contribution in [0.15, 0.2) is 30.5 Å². The Hall–Kier alpha value is -1.32. The molecule has 0 bridgehead atoms. The fourth-order valence-corrected chi connectivity index (χ4v) is 1.87. The summed E-state index contributed by atoms with van der Waals surface area (Å²) in [5.74, 6) is 0.566. The number of carbonyl (C=O) groups excluding carboxylic acids is 1. The highest BCUT2D eigenvalue weighted by Crippen LogP contribution is 2.26. The van der Waals surface area contributed by atoms with Crippen LogP contribution in [-0.2, 0) is 0 Å². The van der Waals surface area contributed by atoms with E-state index in [0.29, 0.717) is 28.0 Å². The predicted molar refractivity (Wildman–Crippen MR) is 59.0 cm³/mol. The van der Waals surface area contributed by atoms with E-state index < -0.39 is 0 Å². The van der Waals surface area contributed by atoms with E-state index in [1.165, 1.54) is 10.6 Å². The van der Waals surface area contributed by atoms with Gasteiger partial charge in [0.05, 0.1) is 5.02 Å². The molecule has 2 heterocycles. The van der Waals surface area contributed by atoms with Crippen molar-refractivity contribution in [2.75, 3.05) is 0 Å². The van der Waals surface area contributed by atoms with E-state index in [1.54, 1.807) is 24.4 Å². The van der Waals surface area contributed by atoms with Crippen molar-refractivity contribution < 1.29 is 4.79 Å². The van der Waals surface area contributed by atoms with Crippen LogP contribution in [0.4, 0.5) is 0 Å². The molecule has 0 unspecified atom stereocenters. The minimum Gasteiger partial charge on any atom is -0.296 e. The Morgan fingerprint density at radius 3 is 2.73 bits per heavy atom. The number of halogens is 2. The van der Waals surface area contributed by atoms with Crippen LogP contribution in [0, 0.1) is 0 Å². The summed E-state index contributed by atoms with van der Waals surface area (Å²) in [6.07, 6.45) is 2.27. The Bertz CT molecular complexity index is 494. The van der Waals surface area contributed by atoms with Gasteiger partial charge in [-0.2, -0.15) is 0 Å². The van der Waals surface area contributed by atoms with E-state index in [1.807, 2.05) is 0 Å². The molecule has 0 aliphatic heterocycles. The predicted octanol–water partition coefficient (Wildman–Crippen LogP) is 2.99. The van der Waals surface area contributed by atoms with Crippen LogP contribution in [0.5, 0.6) is 0 Å². The van der Waals surface area contributed by atoms with Crippen molar-refractivity contribution in [3.63, 3.8) is 0 Å². The third-order valence-electron chi connectivity index (χ3n) is 1.94. The van der Waals surface area contributed by atoms with Crippen LogP contribution in [0.3, 0.4) is 0 Å². The summed E-state index contributed by atoms with van der Waals surface area (Å²) in [6.45, 7) is 0. The van der Waals surface area contributed by atoms with Crippen molar-refractivity contribution in [1.29, 1.82) is 0 Å². The molecule has 15 heavy (non-hydrogen) atoms. The number of pyridine rings is 1. The molecule has 0 radical (unpaired) electrons. The molecule has 76 valence electrons. The molecule has 0 fully saturated rings. The van der Waals surface area contributed by atoms with Gasteiger partial charge < -0.3 is 0 Å². The van der Waals surface area contributed by atoms with Gasteiger partial charge in [0.2, 0.25) is 0 Å². The molecule has 0 atom stereocenters. The van der Waals surface area contributed by atoms with E-state index in [2.05, 4.69) is 4.98 Å². The molecule has 0 aliphatic rings. The fraction of sp³-hybridized carbons (Fsp3) is 0. The van der Waals surface area contributed by atoms with Crippen molar-refractivity contribution >= 4 is 29.5 Å². The summed E-state index contributed by atoms with van der Waals surface area (Å²) in [5.41, 5.74) is 0.306.